The van der Waals surface area contributed by atoms with Crippen LogP contribution in [0.4, 0.5) is 11.4 Å². The number of anilines is 2. The van der Waals surface area contributed by atoms with Crippen molar-refractivity contribution in [3.05, 3.63) is 42.2 Å². The molecule has 2 rings (SSSR count). The van der Waals surface area contributed by atoms with E-state index in [2.05, 4.69) is 39.6 Å². The van der Waals surface area contributed by atoms with Crippen molar-refractivity contribution < 1.29 is 4.74 Å². The van der Waals surface area contributed by atoms with Gasteiger partial charge in [-0.3, -0.25) is 4.68 Å². The number of aromatic nitrogens is 2. The van der Waals surface area contributed by atoms with Crippen molar-refractivity contribution in [3.8, 4) is 0 Å². The van der Waals surface area contributed by atoms with Crippen LogP contribution in [0.1, 0.15) is 5.56 Å². The minimum atomic E-state index is 0.674. The number of methoxy groups -OCH3 is 1. The number of hydrogen-bond donors (Lipinski definition) is 1. The van der Waals surface area contributed by atoms with Crippen molar-refractivity contribution in [2.24, 2.45) is 0 Å². The molecule has 0 aliphatic rings. The highest BCUT2D eigenvalue weighted by Crippen LogP contribution is 2.13. The smallest absolute Gasteiger partial charge is 0.0729 e. The summed E-state index contributed by atoms with van der Waals surface area (Å²) < 4.78 is 6.91. The summed E-state index contributed by atoms with van der Waals surface area (Å²) >= 11 is 0. The molecule has 20 heavy (non-hydrogen) atoms. The summed E-state index contributed by atoms with van der Waals surface area (Å²) in [6, 6.07) is 8.52. The van der Waals surface area contributed by atoms with Crippen LogP contribution in [0.25, 0.3) is 0 Å². The van der Waals surface area contributed by atoms with Crippen LogP contribution < -0.4 is 10.2 Å². The first-order valence-electron chi connectivity index (χ1n) is 6.70. The fourth-order valence-electron chi connectivity index (χ4n) is 1.88. The molecule has 1 aromatic carbocycles. The number of nitrogens with zero attached hydrogens (tertiary/aromatic N) is 3. The Hall–Kier alpha value is -2.01. The number of ether oxygens (including phenoxy) is 1. The molecule has 0 unspecified atom stereocenters. The lowest BCUT2D eigenvalue weighted by atomic mass is 10.2. The number of benzene rings is 1. The lowest BCUT2D eigenvalue weighted by Gasteiger charge is -2.12. The molecule has 5 nitrogen and oxygen atoms in total. The lowest BCUT2D eigenvalue weighted by molar-refractivity contribution is 0.183. The molecule has 0 amide bonds. The van der Waals surface area contributed by atoms with Crippen LogP contribution in [0.5, 0.6) is 0 Å². The Balaban J connectivity index is 1.86. The Morgan fingerprint density at radius 1 is 1.25 bits per heavy atom. The van der Waals surface area contributed by atoms with Gasteiger partial charge in [0, 0.05) is 39.6 Å². The molecule has 1 aromatic heterocycles. The third-order valence-corrected chi connectivity index (χ3v) is 3.11. The van der Waals surface area contributed by atoms with Crippen LogP contribution >= 0.6 is 0 Å². The van der Waals surface area contributed by atoms with Gasteiger partial charge in [0.05, 0.1) is 25.0 Å². The average Bonchev–Trinajstić information content (AvgIpc) is 2.91. The van der Waals surface area contributed by atoms with E-state index in [0.29, 0.717) is 6.61 Å². The van der Waals surface area contributed by atoms with Gasteiger partial charge in [0.25, 0.3) is 0 Å². The zero-order valence-electron chi connectivity index (χ0n) is 12.3. The highest BCUT2D eigenvalue weighted by Gasteiger charge is 1.99. The van der Waals surface area contributed by atoms with Crippen LogP contribution in [-0.2, 0) is 17.8 Å². The van der Waals surface area contributed by atoms with E-state index >= 15 is 0 Å². The first-order valence-corrected chi connectivity index (χ1v) is 6.70. The maximum Gasteiger partial charge on any atom is 0.0729 e. The summed E-state index contributed by atoms with van der Waals surface area (Å²) in [5, 5.41) is 7.64. The molecule has 2 aromatic rings. The summed E-state index contributed by atoms with van der Waals surface area (Å²) in [7, 11) is 5.78. The first kappa shape index (κ1) is 14.4. The Kier molecular flexibility index (Phi) is 5.01. The van der Waals surface area contributed by atoms with Crippen LogP contribution in [0.3, 0.4) is 0 Å². The largest absolute Gasteiger partial charge is 0.383 e. The van der Waals surface area contributed by atoms with E-state index in [1.165, 1.54) is 11.3 Å². The molecular weight excluding hydrogens is 252 g/mol. The molecule has 1 N–H and O–H groups in total. The van der Waals surface area contributed by atoms with E-state index < -0.39 is 0 Å². The maximum absolute atomic E-state index is 5.03. The molecule has 0 fully saturated rings. The highest BCUT2D eigenvalue weighted by molar-refractivity contribution is 5.47. The van der Waals surface area contributed by atoms with Gasteiger partial charge in [-0.25, -0.2) is 0 Å². The third kappa shape index (κ3) is 3.99. The summed E-state index contributed by atoms with van der Waals surface area (Å²) in [6.07, 6.45) is 3.83. The quantitative estimate of drug-likeness (QED) is 0.840. The van der Waals surface area contributed by atoms with E-state index in [9.17, 15) is 0 Å². The normalized spacial score (nSPS) is 10.6. The number of nitrogens with one attached hydrogen (secondary N) is 1. The maximum atomic E-state index is 5.03. The fourth-order valence-corrected chi connectivity index (χ4v) is 1.88. The molecule has 0 bridgehead atoms. The molecule has 5 heteroatoms. The van der Waals surface area contributed by atoms with Crippen molar-refractivity contribution in [3.63, 3.8) is 0 Å². The summed E-state index contributed by atoms with van der Waals surface area (Å²) in [6.45, 7) is 2.24. The lowest BCUT2D eigenvalue weighted by Crippen LogP contribution is -2.08. The van der Waals surface area contributed by atoms with E-state index in [-0.39, 0.29) is 0 Å². The second-order valence-electron chi connectivity index (χ2n) is 4.90. The highest BCUT2D eigenvalue weighted by atomic mass is 16.5. The van der Waals surface area contributed by atoms with Crippen molar-refractivity contribution in [1.29, 1.82) is 0 Å². The summed E-state index contributed by atoms with van der Waals surface area (Å²) in [5.74, 6) is 0. The topological polar surface area (TPSA) is 42.3 Å². The van der Waals surface area contributed by atoms with Crippen molar-refractivity contribution in [2.75, 3.05) is 38.0 Å². The molecule has 0 aliphatic heterocycles. The van der Waals surface area contributed by atoms with Gasteiger partial charge in [-0.2, -0.15) is 5.10 Å². The molecule has 108 valence electrons. The van der Waals surface area contributed by atoms with Gasteiger partial charge in [0.2, 0.25) is 0 Å². The minimum Gasteiger partial charge on any atom is -0.383 e. The van der Waals surface area contributed by atoms with Crippen LogP contribution in [-0.4, -0.2) is 37.6 Å². The molecule has 0 spiro atoms. The van der Waals surface area contributed by atoms with Crippen molar-refractivity contribution in [2.45, 2.75) is 13.1 Å². The Labute approximate surface area is 120 Å². The van der Waals surface area contributed by atoms with Gasteiger partial charge in [0.1, 0.15) is 0 Å². The number of rotatable bonds is 7. The molecule has 0 saturated heterocycles. The van der Waals surface area contributed by atoms with Gasteiger partial charge in [0.15, 0.2) is 0 Å². The second-order valence-corrected chi connectivity index (χ2v) is 4.90. The van der Waals surface area contributed by atoms with Crippen LogP contribution in [0, 0.1) is 0 Å². The molecule has 0 aliphatic carbocycles. The molecule has 0 saturated carbocycles. The van der Waals surface area contributed by atoms with Gasteiger partial charge >= 0.3 is 0 Å². The van der Waals surface area contributed by atoms with Crippen molar-refractivity contribution in [1.82, 2.24) is 9.78 Å². The first-order chi connectivity index (χ1) is 9.69. The van der Waals surface area contributed by atoms with E-state index in [4.69, 9.17) is 4.74 Å². The van der Waals surface area contributed by atoms with Gasteiger partial charge in [-0.15, -0.1) is 0 Å². The predicted molar refractivity (Wildman–Crippen MR) is 82.2 cm³/mol. The molecule has 0 radical (unpaired) electrons. The van der Waals surface area contributed by atoms with Gasteiger partial charge < -0.3 is 15.0 Å². The average molecular weight is 274 g/mol. The molecule has 0 atom stereocenters. The molecular formula is C15H22N4O. The Morgan fingerprint density at radius 2 is 2.00 bits per heavy atom. The molecule has 1 heterocycles. The SMILES string of the molecule is COCCn1cc(NCc2ccc(N(C)C)cc2)cn1. The minimum absolute atomic E-state index is 0.674. The van der Waals surface area contributed by atoms with Crippen LogP contribution in [0.15, 0.2) is 36.7 Å². The fraction of sp³-hybridized carbons (Fsp3) is 0.400. The van der Waals surface area contributed by atoms with Crippen LogP contribution in [0.2, 0.25) is 0 Å². The third-order valence-electron chi connectivity index (χ3n) is 3.11. The standard InChI is InChI=1S/C15H22N4O/c1-18(2)15-6-4-13(5-7-15)10-16-14-11-17-19(12-14)8-9-20-3/h4-7,11-12,16H,8-10H2,1-3H3. The zero-order chi connectivity index (χ0) is 14.4. The van der Waals surface area contributed by atoms with Crippen molar-refractivity contribution >= 4 is 11.4 Å². The Bertz CT molecular complexity index is 519. The summed E-state index contributed by atoms with van der Waals surface area (Å²) in [5.41, 5.74) is 3.49. The van der Waals surface area contributed by atoms with E-state index in [0.717, 1.165) is 18.8 Å². The van der Waals surface area contributed by atoms with Gasteiger partial charge in [-0.05, 0) is 17.7 Å². The zero-order valence-corrected chi connectivity index (χ0v) is 12.3. The predicted octanol–water partition coefficient (Wildman–Crippen LogP) is 2.21. The number of hydrogen-bond acceptors (Lipinski definition) is 4. The van der Waals surface area contributed by atoms with Gasteiger partial charge in [-0.1, -0.05) is 12.1 Å². The second kappa shape index (κ2) is 6.96. The van der Waals surface area contributed by atoms with E-state index in [1.807, 2.05) is 31.2 Å². The monoisotopic (exact) mass is 274 g/mol. The Morgan fingerprint density at radius 3 is 2.65 bits per heavy atom. The van der Waals surface area contributed by atoms with E-state index in [1.54, 1.807) is 7.11 Å². The summed E-state index contributed by atoms with van der Waals surface area (Å²) in [4.78, 5) is 2.09.